The van der Waals surface area contributed by atoms with Crippen molar-refractivity contribution in [3.63, 3.8) is 0 Å². The third kappa shape index (κ3) is 4.70. The standard InChI is InChI=1S/C16H28N4O/c1-11(2)13-8-12(9-14(17-5)19-13)15(21)18-10-16(3,4)20(6)7/h8-9,11H,10H2,1-7H3,(H,17,19)(H,18,21). The molecule has 0 aliphatic carbocycles. The number of aromatic nitrogens is 1. The van der Waals surface area contributed by atoms with Gasteiger partial charge < -0.3 is 15.5 Å². The first kappa shape index (κ1) is 17.4. The lowest BCUT2D eigenvalue weighted by atomic mass is 10.0. The minimum Gasteiger partial charge on any atom is -0.373 e. The van der Waals surface area contributed by atoms with Crippen LogP contribution in [0.4, 0.5) is 5.82 Å². The van der Waals surface area contributed by atoms with E-state index >= 15 is 0 Å². The summed E-state index contributed by atoms with van der Waals surface area (Å²) in [4.78, 5) is 18.9. The van der Waals surface area contributed by atoms with Crippen molar-refractivity contribution in [1.82, 2.24) is 15.2 Å². The van der Waals surface area contributed by atoms with Gasteiger partial charge in [0.25, 0.3) is 5.91 Å². The van der Waals surface area contributed by atoms with Gasteiger partial charge in [-0.2, -0.15) is 0 Å². The summed E-state index contributed by atoms with van der Waals surface area (Å²) in [5, 5.41) is 6.01. The van der Waals surface area contributed by atoms with E-state index in [0.717, 1.165) is 11.5 Å². The normalized spacial score (nSPS) is 11.9. The number of hydrogen-bond donors (Lipinski definition) is 2. The molecule has 0 saturated carbocycles. The Balaban J connectivity index is 2.90. The second kappa shape index (κ2) is 6.89. The molecule has 2 N–H and O–H groups in total. The van der Waals surface area contributed by atoms with E-state index in [1.807, 2.05) is 27.2 Å². The third-order valence-electron chi connectivity index (χ3n) is 3.85. The summed E-state index contributed by atoms with van der Waals surface area (Å²) in [5.41, 5.74) is 1.47. The Kier molecular flexibility index (Phi) is 5.72. The summed E-state index contributed by atoms with van der Waals surface area (Å²) >= 11 is 0. The summed E-state index contributed by atoms with van der Waals surface area (Å²) in [6.45, 7) is 8.92. The molecule has 0 saturated heterocycles. The highest BCUT2D eigenvalue weighted by Gasteiger charge is 2.21. The van der Waals surface area contributed by atoms with E-state index in [1.54, 1.807) is 6.07 Å². The maximum atomic E-state index is 12.4. The first-order chi connectivity index (χ1) is 9.67. The van der Waals surface area contributed by atoms with Crippen molar-refractivity contribution in [2.75, 3.05) is 33.0 Å². The molecule has 118 valence electrons. The van der Waals surface area contributed by atoms with Crippen molar-refractivity contribution in [3.05, 3.63) is 23.4 Å². The molecule has 1 rings (SSSR count). The molecule has 1 aromatic heterocycles. The van der Waals surface area contributed by atoms with Gasteiger partial charge in [-0.15, -0.1) is 0 Å². The summed E-state index contributed by atoms with van der Waals surface area (Å²) < 4.78 is 0. The predicted octanol–water partition coefficient (Wildman–Crippen LogP) is 2.32. The monoisotopic (exact) mass is 292 g/mol. The average molecular weight is 292 g/mol. The largest absolute Gasteiger partial charge is 0.373 e. The molecule has 21 heavy (non-hydrogen) atoms. The van der Waals surface area contributed by atoms with E-state index in [2.05, 4.69) is 48.2 Å². The maximum absolute atomic E-state index is 12.4. The molecule has 0 spiro atoms. The van der Waals surface area contributed by atoms with Crippen LogP contribution in [-0.4, -0.2) is 49.0 Å². The molecular formula is C16H28N4O. The lowest BCUT2D eigenvalue weighted by Gasteiger charge is -2.32. The smallest absolute Gasteiger partial charge is 0.251 e. The Morgan fingerprint density at radius 2 is 1.95 bits per heavy atom. The number of hydrogen-bond acceptors (Lipinski definition) is 4. The van der Waals surface area contributed by atoms with Crippen LogP contribution >= 0.6 is 0 Å². The highest BCUT2D eigenvalue weighted by Crippen LogP contribution is 2.17. The van der Waals surface area contributed by atoms with Crippen LogP contribution in [0.3, 0.4) is 0 Å². The van der Waals surface area contributed by atoms with Gasteiger partial charge in [0.1, 0.15) is 5.82 Å². The van der Waals surface area contributed by atoms with E-state index in [4.69, 9.17) is 0 Å². The molecular weight excluding hydrogens is 264 g/mol. The molecule has 0 fully saturated rings. The zero-order valence-corrected chi connectivity index (χ0v) is 14.2. The number of carbonyl (C=O) groups excluding carboxylic acids is 1. The molecule has 5 heteroatoms. The van der Waals surface area contributed by atoms with Crippen LogP contribution in [0.15, 0.2) is 12.1 Å². The highest BCUT2D eigenvalue weighted by atomic mass is 16.1. The van der Waals surface area contributed by atoms with Gasteiger partial charge in [-0.3, -0.25) is 4.79 Å². The van der Waals surface area contributed by atoms with Crippen LogP contribution in [0.1, 0.15) is 49.7 Å². The van der Waals surface area contributed by atoms with Gasteiger partial charge in [-0.05, 0) is 46.0 Å². The van der Waals surface area contributed by atoms with Crippen LogP contribution < -0.4 is 10.6 Å². The zero-order valence-electron chi connectivity index (χ0n) is 14.2. The van der Waals surface area contributed by atoms with E-state index in [1.165, 1.54) is 0 Å². The lowest BCUT2D eigenvalue weighted by Crippen LogP contribution is -2.48. The second-order valence-corrected chi connectivity index (χ2v) is 6.46. The van der Waals surface area contributed by atoms with Crippen LogP contribution in [0.25, 0.3) is 0 Å². The summed E-state index contributed by atoms with van der Waals surface area (Å²) in [7, 11) is 5.83. The zero-order chi connectivity index (χ0) is 16.2. The summed E-state index contributed by atoms with van der Waals surface area (Å²) in [6.07, 6.45) is 0. The molecule has 0 atom stereocenters. The quantitative estimate of drug-likeness (QED) is 0.845. The fraction of sp³-hybridized carbons (Fsp3) is 0.625. The van der Waals surface area contributed by atoms with Crippen LogP contribution in [0.5, 0.6) is 0 Å². The summed E-state index contributed by atoms with van der Waals surface area (Å²) in [6, 6.07) is 3.65. The van der Waals surface area contributed by atoms with Gasteiger partial charge in [-0.25, -0.2) is 4.98 Å². The van der Waals surface area contributed by atoms with Gasteiger partial charge in [0.15, 0.2) is 0 Å². The number of nitrogens with zero attached hydrogens (tertiary/aromatic N) is 2. The average Bonchev–Trinajstić information content (AvgIpc) is 2.43. The van der Waals surface area contributed by atoms with Crippen molar-refractivity contribution in [3.8, 4) is 0 Å². The fourth-order valence-electron chi connectivity index (χ4n) is 1.66. The van der Waals surface area contributed by atoms with Crippen molar-refractivity contribution >= 4 is 11.7 Å². The molecule has 0 radical (unpaired) electrons. The van der Waals surface area contributed by atoms with Crippen LogP contribution in [-0.2, 0) is 0 Å². The van der Waals surface area contributed by atoms with Gasteiger partial charge in [0.2, 0.25) is 0 Å². The Bertz CT molecular complexity index is 495. The number of nitrogens with one attached hydrogen (secondary N) is 2. The minimum atomic E-state index is -0.0879. The lowest BCUT2D eigenvalue weighted by molar-refractivity contribution is 0.0919. The highest BCUT2D eigenvalue weighted by molar-refractivity contribution is 5.95. The molecule has 0 unspecified atom stereocenters. The van der Waals surface area contributed by atoms with E-state index < -0.39 is 0 Å². The predicted molar refractivity (Wildman–Crippen MR) is 88.0 cm³/mol. The van der Waals surface area contributed by atoms with Crippen LogP contribution in [0, 0.1) is 0 Å². The minimum absolute atomic E-state index is 0.0641. The molecule has 0 aromatic carbocycles. The van der Waals surface area contributed by atoms with Crippen LogP contribution in [0.2, 0.25) is 0 Å². The molecule has 0 aliphatic rings. The number of carbonyl (C=O) groups is 1. The Hall–Kier alpha value is -1.62. The first-order valence-electron chi connectivity index (χ1n) is 7.32. The number of rotatable bonds is 6. The Labute approximate surface area is 128 Å². The van der Waals surface area contributed by atoms with Crippen molar-refractivity contribution in [2.45, 2.75) is 39.2 Å². The van der Waals surface area contributed by atoms with E-state index in [-0.39, 0.29) is 17.4 Å². The SMILES string of the molecule is CNc1cc(C(=O)NCC(C)(C)N(C)C)cc(C(C)C)n1. The molecule has 5 nitrogen and oxygen atoms in total. The molecule has 1 amide bonds. The fourth-order valence-corrected chi connectivity index (χ4v) is 1.66. The molecule has 1 aromatic rings. The molecule has 0 aliphatic heterocycles. The van der Waals surface area contributed by atoms with Crippen molar-refractivity contribution in [2.24, 2.45) is 0 Å². The first-order valence-corrected chi connectivity index (χ1v) is 7.32. The third-order valence-corrected chi connectivity index (χ3v) is 3.85. The van der Waals surface area contributed by atoms with E-state index in [9.17, 15) is 4.79 Å². The number of anilines is 1. The Morgan fingerprint density at radius 1 is 1.33 bits per heavy atom. The molecule has 1 heterocycles. The second-order valence-electron chi connectivity index (χ2n) is 6.46. The Morgan fingerprint density at radius 3 is 2.43 bits per heavy atom. The van der Waals surface area contributed by atoms with Crippen molar-refractivity contribution in [1.29, 1.82) is 0 Å². The number of pyridine rings is 1. The van der Waals surface area contributed by atoms with Gasteiger partial charge in [-0.1, -0.05) is 13.8 Å². The maximum Gasteiger partial charge on any atom is 0.251 e. The number of amides is 1. The van der Waals surface area contributed by atoms with Gasteiger partial charge in [0.05, 0.1) is 0 Å². The van der Waals surface area contributed by atoms with Gasteiger partial charge >= 0.3 is 0 Å². The number of likely N-dealkylation sites (N-methyl/N-ethyl adjacent to an activating group) is 1. The summed E-state index contributed by atoms with van der Waals surface area (Å²) in [5.74, 6) is 0.937. The van der Waals surface area contributed by atoms with E-state index in [0.29, 0.717) is 12.1 Å². The van der Waals surface area contributed by atoms with Crippen molar-refractivity contribution < 1.29 is 4.79 Å². The molecule has 0 bridgehead atoms. The topological polar surface area (TPSA) is 57.3 Å². The van der Waals surface area contributed by atoms with Gasteiger partial charge in [0, 0.05) is 30.4 Å².